The summed E-state index contributed by atoms with van der Waals surface area (Å²) in [4.78, 5) is 11.3. The highest BCUT2D eigenvalue weighted by atomic mass is 32.2. The Hall–Kier alpha value is -1.56. The number of carbonyl (C=O) groups is 1. The summed E-state index contributed by atoms with van der Waals surface area (Å²) in [5.41, 5.74) is 0.826. The first kappa shape index (κ1) is 12.5. The van der Waals surface area contributed by atoms with Gasteiger partial charge in [0.05, 0.1) is 18.4 Å². The summed E-state index contributed by atoms with van der Waals surface area (Å²) in [5.74, 6) is -0.989. The molecule has 0 radical (unpaired) electrons. The van der Waals surface area contributed by atoms with Gasteiger partial charge in [-0.2, -0.15) is 0 Å². The van der Waals surface area contributed by atoms with E-state index < -0.39 is 16.7 Å². The van der Waals surface area contributed by atoms with Crippen molar-refractivity contribution in [3.8, 4) is 5.75 Å². The predicted molar refractivity (Wildman–Crippen MR) is 58.2 cm³/mol. The minimum atomic E-state index is -2.61. The predicted octanol–water partition coefficient (Wildman–Crippen LogP) is 0.599. The highest BCUT2D eigenvalue weighted by Crippen LogP contribution is 2.26. The minimum Gasteiger partial charge on any atom is -0.507 e. The molecule has 0 atom stereocenters. The van der Waals surface area contributed by atoms with Crippen LogP contribution in [0.25, 0.3) is 0 Å². The lowest BCUT2D eigenvalue weighted by Gasteiger charge is -2.08. The third-order valence-corrected chi connectivity index (χ3v) is 2.82. The summed E-state index contributed by atoms with van der Waals surface area (Å²) < 4.78 is 25.6. The van der Waals surface area contributed by atoms with Crippen molar-refractivity contribution in [2.45, 2.75) is 12.7 Å². The van der Waals surface area contributed by atoms with Crippen LogP contribution in [0.4, 0.5) is 0 Å². The second kappa shape index (κ2) is 4.98. The van der Waals surface area contributed by atoms with Crippen molar-refractivity contribution in [1.82, 2.24) is 0 Å². The number of aromatic hydroxyl groups is 1. The van der Waals surface area contributed by atoms with Crippen molar-refractivity contribution in [1.29, 1.82) is 0 Å². The molecule has 0 unspecified atom stereocenters. The molecule has 6 heteroatoms. The maximum Gasteiger partial charge on any atom is 0.338 e. The number of methoxy groups -OCH3 is 1. The van der Waals surface area contributed by atoms with E-state index in [9.17, 15) is 18.3 Å². The second-order valence-electron chi connectivity index (χ2n) is 3.23. The van der Waals surface area contributed by atoms with Gasteiger partial charge in [-0.1, -0.05) is 6.07 Å². The van der Waals surface area contributed by atoms with E-state index in [2.05, 4.69) is 4.74 Å². The van der Waals surface area contributed by atoms with Gasteiger partial charge in [0.25, 0.3) is 0 Å². The number of carbonyl (C=O) groups excluding carboxylic acids is 1. The first-order valence-corrected chi connectivity index (χ1v) is 5.85. The monoisotopic (exact) mass is 244 g/mol. The average molecular weight is 244 g/mol. The van der Waals surface area contributed by atoms with Crippen molar-refractivity contribution < 1.29 is 23.1 Å². The van der Waals surface area contributed by atoms with E-state index in [1.807, 2.05) is 0 Å². The van der Waals surface area contributed by atoms with E-state index >= 15 is 0 Å². The van der Waals surface area contributed by atoms with Crippen LogP contribution in [0.15, 0.2) is 12.1 Å². The molecule has 0 saturated heterocycles. The Labute approximate surface area is 94.6 Å². The van der Waals surface area contributed by atoms with E-state index in [1.165, 1.54) is 26.2 Å². The van der Waals surface area contributed by atoms with Crippen LogP contribution in [-0.2, 0) is 21.2 Å². The maximum atomic E-state index is 11.3. The average Bonchev–Trinajstić information content (AvgIpc) is 2.23. The zero-order valence-electron chi connectivity index (χ0n) is 8.89. The van der Waals surface area contributed by atoms with Gasteiger partial charge in [0.1, 0.15) is 16.5 Å². The first-order valence-electron chi connectivity index (χ1n) is 4.49. The fourth-order valence-electron chi connectivity index (χ4n) is 1.35. The number of ether oxygens (including phenoxy) is 1. The van der Waals surface area contributed by atoms with Crippen LogP contribution >= 0.6 is 0 Å². The molecule has 88 valence electrons. The molecular weight excluding hydrogens is 232 g/mol. The summed E-state index contributed by atoms with van der Waals surface area (Å²) in [6.07, 6.45) is 0. The van der Waals surface area contributed by atoms with E-state index in [1.54, 1.807) is 0 Å². The summed E-state index contributed by atoms with van der Waals surface area (Å²) in [5, 5.41) is 9.70. The smallest absolute Gasteiger partial charge is 0.338 e. The van der Waals surface area contributed by atoms with Crippen LogP contribution in [0.2, 0.25) is 0 Å². The molecule has 1 aromatic carbocycles. The molecule has 16 heavy (non-hydrogen) atoms. The van der Waals surface area contributed by atoms with Crippen molar-refractivity contribution in [3.05, 3.63) is 28.8 Å². The molecule has 5 nitrogen and oxygen atoms in total. The van der Waals surface area contributed by atoms with Crippen molar-refractivity contribution >= 4 is 16.7 Å². The molecule has 0 aliphatic heterocycles. The number of rotatable bonds is 3. The lowest BCUT2D eigenvalue weighted by Crippen LogP contribution is -2.05. The summed E-state index contributed by atoms with van der Waals surface area (Å²) in [7, 11) is -1.37. The SMILES string of the molecule is COC(=O)c1ccc(C[SH](=O)=O)c(O)c1C. The van der Waals surface area contributed by atoms with Crippen LogP contribution < -0.4 is 0 Å². The van der Waals surface area contributed by atoms with Gasteiger partial charge in [0.15, 0.2) is 0 Å². The highest BCUT2D eigenvalue weighted by Gasteiger charge is 2.15. The molecule has 1 N–H and O–H groups in total. The fourth-order valence-corrected chi connectivity index (χ4v) is 1.89. The fraction of sp³-hybridized carbons (Fsp3) is 0.300. The zero-order valence-corrected chi connectivity index (χ0v) is 9.78. The Balaban J connectivity index is 3.22. The number of esters is 1. The Morgan fingerprint density at radius 3 is 2.56 bits per heavy atom. The quantitative estimate of drug-likeness (QED) is 0.601. The second-order valence-corrected chi connectivity index (χ2v) is 4.21. The number of hydrogen-bond acceptors (Lipinski definition) is 5. The number of thiol groups is 1. The molecule has 1 rings (SSSR count). The van der Waals surface area contributed by atoms with Crippen molar-refractivity contribution in [3.63, 3.8) is 0 Å². The number of phenols is 1. The Morgan fingerprint density at radius 2 is 2.06 bits per heavy atom. The lowest BCUT2D eigenvalue weighted by molar-refractivity contribution is 0.0599. The molecule has 0 amide bonds. The van der Waals surface area contributed by atoms with Crippen molar-refractivity contribution in [2.75, 3.05) is 7.11 Å². The number of phenolic OH excluding ortho intramolecular Hbond substituents is 1. The van der Waals surface area contributed by atoms with Crippen LogP contribution in [0.1, 0.15) is 21.5 Å². The third kappa shape index (κ3) is 2.52. The lowest BCUT2D eigenvalue weighted by atomic mass is 10.0. The van der Waals surface area contributed by atoms with Gasteiger partial charge in [-0.15, -0.1) is 0 Å². The van der Waals surface area contributed by atoms with E-state index in [-0.39, 0.29) is 22.6 Å². The summed E-state index contributed by atoms with van der Waals surface area (Å²) in [6.45, 7) is 1.53. The van der Waals surface area contributed by atoms with Gasteiger partial charge in [-0.25, -0.2) is 13.2 Å². The third-order valence-electron chi connectivity index (χ3n) is 2.22. The molecule has 0 aromatic heterocycles. The molecule has 0 bridgehead atoms. The van der Waals surface area contributed by atoms with Crippen LogP contribution in [0, 0.1) is 6.92 Å². The topological polar surface area (TPSA) is 80.7 Å². The van der Waals surface area contributed by atoms with Crippen LogP contribution in [0.3, 0.4) is 0 Å². The van der Waals surface area contributed by atoms with Gasteiger partial charge in [0.2, 0.25) is 0 Å². The van der Waals surface area contributed by atoms with Gasteiger partial charge in [0, 0.05) is 11.1 Å². The first-order chi connectivity index (χ1) is 7.47. The zero-order chi connectivity index (χ0) is 12.3. The molecule has 0 spiro atoms. The van der Waals surface area contributed by atoms with Crippen LogP contribution in [-0.4, -0.2) is 26.6 Å². The van der Waals surface area contributed by atoms with Gasteiger partial charge < -0.3 is 9.84 Å². The van der Waals surface area contributed by atoms with Crippen molar-refractivity contribution in [2.24, 2.45) is 0 Å². The molecule has 0 aliphatic carbocycles. The molecular formula is C10H12O5S. The molecule has 0 fully saturated rings. The Morgan fingerprint density at radius 1 is 1.44 bits per heavy atom. The molecule has 0 heterocycles. The highest BCUT2D eigenvalue weighted by molar-refractivity contribution is 7.71. The molecule has 1 aromatic rings. The minimum absolute atomic E-state index is 0.179. The summed E-state index contributed by atoms with van der Waals surface area (Å²) >= 11 is 0. The standard InChI is InChI=1S/C10H12O5S/c1-6-8(10(12)15-2)4-3-7(9(6)11)5-16(13)14/h3-4,11,16H,5H2,1-2H3. The Bertz CT molecular complexity index is 482. The van der Waals surface area contributed by atoms with Crippen LogP contribution in [0.5, 0.6) is 5.75 Å². The number of benzene rings is 1. The molecule has 0 aliphatic rings. The number of hydrogen-bond donors (Lipinski definition) is 2. The van der Waals surface area contributed by atoms with Gasteiger partial charge in [-0.05, 0) is 13.0 Å². The maximum absolute atomic E-state index is 11.3. The van der Waals surface area contributed by atoms with E-state index in [0.717, 1.165) is 0 Å². The molecule has 0 saturated carbocycles. The van der Waals surface area contributed by atoms with Gasteiger partial charge in [-0.3, -0.25) is 0 Å². The van der Waals surface area contributed by atoms with E-state index in [4.69, 9.17) is 0 Å². The van der Waals surface area contributed by atoms with E-state index in [0.29, 0.717) is 5.56 Å². The summed E-state index contributed by atoms with van der Waals surface area (Å²) in [6, 6.07) is 2.84. The largest absolute Gasteiger partial charge is 0.507 e. The normalized spacial score (nSPS) is 10.4. The van der Waals surface area contributed by atoms with Gasteiger partial charge >= 0.3 is 5.97 Å². The Kier molecular flexibility index (Phi) is 3.89.